The van der Waals surface area contributed by atoms with Crippen LogP contribution in [0.1, 0.15) is 142 Å². The number of aliphatic carboxylic acids is 1. The number of nitrogens with one attached hydrogen (secondary N) is 3. The summed E-state index contributed by atoms with van der Waals surface area (Å²) in [6.07, 6.45) is 9.51. The molecule has 5 saturated carbocycles. The third kappa shape index (κ3) is 8.09. The Morgan fingerprint density at radius 3 is 2.37 bits per heavy atom. The molecule has 2 aliphatic heterocycles. The molecule has 0 spiro atoms. The smallest absolute Gasteiger partial charge is 0.310 e. The van der Waals surface area contributed by atoms with Crippen molar-refractivity contribution < 1.29 is 54.8 Å². The standard InChI is InChI=1S/C54H87N5O11/c1-49(27-60)15-17-53(48(67)68)18-16-51(3)34(36(53)22-49)11-12-40-52(51,4)14-13-39-50(2,28-61)46(70-47-45(66)44(65)38(62)26-69-47)43(64)35(54(39,40)32-9-7-6-8-10-32)20-31-21-41(63)59-42(31)33(37-25-57-29-58-37)19-30(23-55)24-56-5/h11,25,29-33,35-36,38-40,42-47,56,60-62,64-66H,6-10,12-24,26-28,55H2,1-5H3,(H,57,58)(H,59,63)(H,67,68)/t30-,31+,33-,35-,36-,38+,39+,40-,42+,43+,44-,45+,46+,47-,49-,50-,51+,52+,53-,54-/m0/s1. The molecule has 16 nitrogen and oxygen atoms in total. The third-order valence-corrected chi connectivity index (χ3v) is 22.0. The first kappa shape index (κ1) is 52.4. The number of amides is 1. The molecule has 9 rings (SSSR count). The molecule has 3 heterocycles. The van der Waals surface area contributed by atoms with E-state index in [0.717, 1.165) is 44.2 Å². The van der Waals surface area contributed by atoms with E-state index in [1.807, 2.05) is 20.2 Å². The number of aromatic amines is 1. The summed E-state index contributed by atoms with van der Waals surface area (Å²) in [5.41, 5.74) is 4.81. The topological polar surface area (TPSA) is 273 Å². The van der Waals surface area contributed by atoms with Crippen molar-refractivity contribution in [1.29, 1.82) is 0 Å². The second kappa shape index (κ2) is 19.6. The lowest BCUT2D eigenvalue weighted by Gasteiger charge is -2.76. The van der Waals surface area contributed by atoms with E-state index in [4.69, 9.17) is 15.2 Å². The first-order valence-electron chi connectivity index (χ1n) is 27.1. The number of rotatable bonds is 15. The number of aliphatic hydroxyl groups excluding tert-OH is 6. The fourth-order valence-electron chi connectivity index (χ4n) is 18.1. The van der Waals surface area contributed by atoms with Crippen LogP contribution in [0.3, 0.4) is 0 Å². The molecule has 16 heteroatoms. The Balaban J connectivity index is 1.22. The molecule has 70 heavy (non-hydrogen) atoms. The fraction of sp³-hybridized carbons (Fsp3) is 0.870. The number of hydrogen-bond donors (Lipinski definition) is 11. The fourth-order valence-corrected chi connectivity index (χ4v) is 18.1. The average Bonchev–Trinajstić information content (AvgIpc) is 4.03. The highest BCUT2D eigenvalue weighted by molar-refractivity contribution is 5.79. The Kier molecular flexibility index (Phi) is 14.7. The number of hydrogen-bond acceptors (Lipinski definition) is 13. The van der Waals surface area contributed by atoms with Crippen LogP contribution in [-0.4, -0.2) is 140 Å². The van der Waals surface area contributed by atoms with Gasteiger partial charge in [0.05, 0.1) is 37.2 Å². The number of nitrogens with zero attached hydrogens (tertiary/aromatic N) is 1. The van der Waals surface area contributed by atoms with Crippen LogP contribution in [0.25, 0.3) is 0 Å². The second-order valence-electron chi connectivity index (χ2n) is 25.2. The highest BCUT2D eigenvalue weighted by Crippen LogP contribution is 2.79. The highest BCUT2D eigenvalue weighted by atomic mass is 16.7. The molecule has 6 aliphatic carbocycles. The van der Waals surface area contributed by atoms with Crippen LogP contribution >= 0.6 is 0 Å². The molecule has 7 fully saturated rings. The number of allylic oxidation sites excluding steroid dienone is 2. The van der Waals surface area contributed by atoms with Crippen LogP contribution in [0.15, 0.2) is 24.2 Å². The zero-order valence-corrected chi connectivity index (χ0v) is 42.5. The molecule has 1 aromatic heterocycles. The van der Waals surface area contributed by atoms with Gasteiger partial charge >= 0.3 is 5.97 Å². The number of aromatic nitrogens is 2. The number of ether oxygens (including phenoxy) is 2. The molecule has 8 aliphatic rings. The molecule has 394 valence electrons. The predicted molar refractivity (Wildman–Crippen MR) is 260 cm³/mol. The number of nitrogens with two attached hydrogens (primary N) is 1. The van der Waals surface area contributed by atoms with E-state index in [9.17, 15) is 45.3 Å². The van der Waals surface area contributed by atoms with E-state index in [1.165, 1.54) is 5.57 Å². The van der Waals surface area contributed by atoms with E-state index < -0.39 is 75.8 Å². The van der Waals surface area contributed by atoms with Crippen LogP contribution in [-0.2, 0) is 19.1 Å². The van der Waals surface area contributed by atoms with E-state index in [-0.39, 0.29) is 85.0 Å². The molecule has 0 unspecified atom stereocenters. The van der Waals surface area contributed by atoms with Crippen LogP contribution < -0.4 is 16.4 Å². The largest absolute Gasteiger partial charge is 0.481 e. The molecule has 1 aromatic rings. The van der Waals surface area contributed by atoms with Crippen molar-refractivity contribution >= 4 is 11.9 Å². The quantitative estimate of drug-likeness (QED) is 0.0877. The monoisotopic (exact) mass is 982 g/mol. The van der Waals surface area contributed by atoms with Crippen molar-refractivity contribution in [2.45, 2.75) is 179 Å². The number of imidazole rings is 1. The lowest BCUT2D eigenvalue weighted by molar-refractivity contribution is -0.349. The lowest BCUT2D eigenvalue weighted by atomic mass is 9.29. The van der Waals surface area contributed by atoms with Crippen LogP contribution in [0, 0.1) is 73.9 Å². The number of H-pyrrole nitrogens is 1. The van der Waals surface area contributed by atoms with E-state index in [0.29, 0.717) is 70.9 Å². The SMILES string of the molecule is CNC[C@H](CN)C[C@@H](c1cnc[nH]1)[C@@H]1NC(=O)C[C@H]1C[C@H]1[C@@H](O)[C@@H](O[C@@H]2OC[C@@H](O)[C@H](O)[C@H]2O)[C@@](C)(CO)[C@H]2CC[C@]3(C)[C@H](CC=C4[C@@H]5C[C@@](C)(CO)CC[C@]5(C(=O)O)CC[C@]43C)[C@]21C1CCCCC1. The van der Waals surface area contributed by atoms with Gasteiger partial charge in [-0.25, -0.2) is 4.98 Å². The van der Waals surface area contributed by atoms with E-state index in [2.05, 4.69) is 47.4 Å². The molecule has 0 bridgehead atoms. The van der Waals surface area contributed by atoms with Gasteiger partial charge in [0, 0.05) is 42.3 Å². The van der Waals surface area contributed by atoms with Crippen molar-refractivity contribution in [1.82, 2.24) is 20.6 Å². The first-order valence-corrected chi connectivity index (χ1v) is 27.1. The first-order chi connectivity index (χ1) is 33.3. The summed E-state index contributed by atoms with van der Waals surface area (Å²) >= 11 is 0. The molecule has 12 N–H and O–H groups in total. The maximum atomic E-state index is 14.1. The summed E-state index contributed by atoms with van der Waals surface area (Å²) in [4.78, 5) is 35.5. The average molecular weight is 982 g/mol. The van der Waals surface area contributed by atoms with Gasteiger partial charge in [-0.3, -0.25) is 9.59 Å². The highest BCUT2D eigenvalue weighted by Gasteiger charge is 2.76. The summed E-state index contributed by atoms with van der Waals surface area (Å²) in [7, 11) is 1.91. The van der Waals surface area contributed by atoms with E-state index in [1.54, 1.807) is 6.33 Å². The normalized spacial score (nSPS) is 47.2. The summed E-state index contributed by atoms with van der Waals surface area (Å²) in [6.45, 7) is 9.54. The molecular formula is C54H87N5O11. The molecule has 2 saturated heterocycles. The maximum Gasteiger partial charge on any atom is 0.310 e. The lowest BCUT2D eigenvalue weighted by Crippen LogP contribution is -2.75. The van der Waals surface area contributed by atoms with Gasteiger partial charge in [-0.05, 0) is 160 Å². The number of carbonyl (C=O) groups excluding carboxylic acids is 1. The Bertz CT molecular complexity index is 2060. The van der Waals surface area contributed by atoms with Gasteiger partial charge in [0.25, 0.3) is 0 Å². The Labute approximate surface area is 414 Å². The van der Waals surface area contributed by atoms with Crippen LogP contribution in [0.5, 0.6) is 0 Å². The van der Waals surface area contributed by atoms with Crippen LogP contribution in [0.4, 0.5) is 0 Å². The van der Waals surface area contributed by atoms with Gasteiger partial charge in [0.2, 0.25) is 5.91 Å². The molecule has 0 aromatic carbocycles. The zero-order valence-electron chi connectivity index (χ0n) is 42.5. The summed E-state index contributed by atoms with van der Waals surface area (Å²) < 4.78 is 12.8. The van der Waals surface area contributed by atoms with Gasteiger partial charge in [-0.15, -0.1) is 0 Å². The van der Waals surface area contributed by atoms with E-state index >= 15 is 0 Å². The van der Waals surface area contributed by atoms with Gasteiger partial charge in [0.15, 0.2) is 6.29 Å². The number of aliphatic hydroxyl groups is 6. The Morgan fingerprint density at radius 2 is 1.71 bits per heavy atom. The van der Waals surface area contributed by atoms with Crippen molar-refractivity contribution in [3.8, 4) is 0 Å². The van der Waals surface area contributed by atoms with Gasteiger partial charge < -0.3 is 66.6 Å². The zero-order chi connectivity index (χ0) is 50.2. The summed E-state index contributed by atoms with van der Waals surface area (Å²) in [6, 6.07) is -0.321. The van der Waals surface area contributed by atoms with Crippen molar-refractivity contribution in [2.75, 3.05) is 40.0 Å². The Hall–Kier alpha value is -2.51. The molecule has 0 radical (unpaired) electrons. The van der Waals surface area contributed by atoms with Crippen molar-refractivity contribution in [2.24, 2.45) is 79.6 Å². The molecule has 20 atom stereocenters. The minimum Gasteiger partial charge on any atom is -0.481 e. The second-order valence-corrected chi connectivity index (χ2v) is 25.2. The predicted octanol–water partition coefficient (Wildman–Crippen LogP) is 3.99. The molecule has 1 amide bonds. The third-order valence-electron chi connectivity index (χ3n) is 22.0. The van der Waals surface area contributed by atoms with Gasteiger partial charge in [-0.2, -0.15) is 0 Å². The van der Waals surface area contributed by atoms with Gasteiger partial charge in [-0.1, -0.05) is 58.6 Å². The minimum absolute atomic E-state index is 0.00366. The van der Waals surface area contributed by atoms with Crippen LogP contribution in [0.2, 0.25) is 0 Å². The summed E-state index contributed by atoms with van der Waals surface area (Å²) in [5, 5.41) is 87.3. The molecular weight excluding hydrogens is 895 g/mol. The number of fused-ring (bicyclic) bond motifs is 7. The minimum atomic E-state index is -1.61. The number of carboxylic acids is 1. The Morgan fingerprint density at radius 1 is 0.971 bits per heavy atom. The van der Waals surface area contributed by atoms with Crippen molar-refractivity contribution in [3.05, 3.63) is 29.9 Å². The number of carbonyl (C=O) groups is 2. The summed E-state index contributed by atoms with van der Waals surface area (Å²) in [5.74, 6) is -1.84. The van der Waals surface area contributed by atoms with Crippen molar-refractivity contribution in [3.63, 3.8) is 0 Å². The maximum absolute atomic E-state index is 14.1. The van der Waals surface area contributed by atoms with Gasteiger partial charge in [0.1, 0.15) is 18.3 Å². The number of carboxylic acid groups (broad SMARTS) is 1.